The van der Waals surface area contributed by atoms with Crippen LogP contribution in [0.5, 0.6) is 0 Å². The number of nitrogens with one attached hydrogen (secondary N) is 1. The Balaban J connectivity index is 1.95. The van der Waals surface area contributed by atoms with E-state index in [1.54, 1.807) is 0 Å². The van der Waals surface area contributed by atoms with E-state index in [4.69, 9.17) is 0 Å². The normalized spacial score (nSPS) is 17.2. The summed E-state index contributed by atoms with van der Waals surface area (Å²) in [5, 5.41) is 9.26. The number of nitrogens with zero attached hydrogens (tertiary/aromatic N) is 3. The van der Waals surface area contributed by atoms with Crippen LogP contribution >= 0.6 is 0 Å². The monoisotopic (exact) mass is 432 g/mol. The summed E-state index contributed by atoms with van der Waals surface area (Å²) in [6.45, 7) is 4.99. The maximum Gasteiger partial charge on any atom is 0.416 e. The van der Waals surface area contributed by atoms with Gasteiger partial charge in [0, 0.05) is 26.2 Å². The summed E-state index contributed by atoms with van der Waals surface area (Å²) in [5.41, 5.74) is -1.08. The molecule has 0 saturated carbocycles. The van der Waals surface area contributed by atoms with Crippen molar-refractivity contribution in [3.63, 3.8) is 0 Å². The lowest BCUT2D eigenvalue weighted by molar-refractivity contribution is -0.137. The van der Waals surface area contributed by atoms with Crippen LogP contribution in [0.2, 0.25) is 0 Å². The fourth-order valence-electron chi connectivity index (χ4n) is 3.09. The Hall–Kier alpha value is -2.16. The highest BCUT2D eigenvalue weighted by atomic mass is 32.2. The fraction of sp³-hybridized carbons (Fsp3) is 0.556. The molecule has 1 unspecified atom stereocenters. The van der Waals surface area contributed by atoms with Gasteiger partial charge in [-0.2, -0.15) is 18.4 Å². The van der Waals surface area contributed by atoms with Crippen molar-refractivity contribution in [1.82, 2.24) is 14.5 Å². The van der Waals surface area contributed by atoms with Crippen molar-refractivity contribution >= 4 is 15.9 Å². The molecule has 1 aromatic carbocycles. The van der Waals surface area contributed by atoms with Gasteiger partial charge in [-0.3, -0.25) is 9.69 Å². The summed E-state index contributed by atoms with van der Waals surface area (Å²) in [7, 11) is -4.27. The molecule has 1 fully saturated rings. The molecular weight excluding hydrogens is 409 g/mol. The highest BCUT2D eigenvalue weighted by Gasteiger charge is 2.32. The van der Waals surface area contributed by atoms with Gasteiger partial charge in [0.1, 0.15) is 6.04 Å². The minimum absolute atomic E-state index is 0.140. The summed E-state index contributed by atoms with van der Waals surface area (Å²) in [5.74, 6) is -0.334. The number of hydrogen-bond acceptors (Lipinski definition) is 5. The molecular formula is C18H23F3N4O3S. The lowest BCUT2D eigenvalue weighted by Crippen LogP contribution is -2.54. The van der Waals surface area contributed by atoms with Gasteiger partial charge < -0.3 is 4.90 Å². The van der Waals surface area contributed by atoms with Gasteiger partial charge in [0.2, 0.25) is 15.9 Å². The largest absolute Gasteiger partial charge is 0.416 e. The topological polar surface area (TPSA) is 93.5 Å². The number of nitriles is 1. The molecule has 160 valence electrons. The van der Waals surface area contributed by atoms with Crippen molar-refractivity contribution < 1.29 is 26.4 Å². The summed E-state index contributed by atoms with van der Waals surface area (Å²) in [6.07, 6.45) is -4.67. The molecule has 2 rings (SSSR count). The van der Waals surface area contributed by atoms with Crippen LogP contribution in [-0.2, 0) is 21.0 Å². The van der Waals surface area contributed by atoms with Crippen LogP contribution in [0.4, 0.5) is 13.2 Å². The molecule has 1 atom stereocenters. The van der Waals surface area contributed by atoms with Crippen molar-refractivity contribution in [3.8, 4) is 6.07 Å². The number of amides is 1. The number of alkyl halides is 3. The first-order chi connectivity index (χ1) is 13.5. The van der Waals surface area contributed by atoms with Crippen molar-refractivity contribution in [1.29, 1.82) is 5.26 Å². The number of sulfonamides is 1. The smallest absolute Gasteiger partial charge is 0.339 e. The number of piperazine rings is 1. The van der Waals surface area contributed by atoms with Crippen molar-refractivity contribution in [2.24, 2.45) is 5.92 Å². The van der Waals surface area contributed by atoms with E-state index in [0.717, 1.165) is 18.2 Å². The van der Waals surface area contributed by atoms with Crippen LogP contribution in [-0.4, -0.2) is 62.9 Å². The molecule has 0 aliphatic carbocycles. The molecule has 0 spiro atoms. The molecule has 0 aromatic heterocycles. The Bertz CT molecular complexity index is 873. The number of carbonyl (C=O) groups is 1. The van der Waals surface area contributed by atoms with Crippen LogP contribution in [0, 0.1) is 17.2 Å². The van der Waals surface area contributed by atoms with E-state index >= 15 is 0 Å². The third-order valence-electron chi connectivity index (χ3n) is 4.71. The SMILES string of the molecule is CC(C)C(C#N)N1CCN(C(=O)CNS(=O)(=O)c2cccc(C(F)(F)F)c2)CC1. The van der Waals surface area contributed by atoms with Gasteiger partial charge in [0.15, 0.2) is 0 Å². The van der Waals surface area contributed by atoms with E-state index in [2.05, 4.69) is 10.8 Å². The van der Waals surface area contributed by atoms with Crippen LogP contribution in [0.3, 0.4) is 0 Å². The Morgan fingerprint density at radius 2 is 1.86 bits per heavy atom. The molecule has 11 heteroatoms. The van der Waals surface area contributed by atoms with Crippen molar-refractivity contribution in [2.75, 3.05) is 32.7 Å². The Morgan fingerprint density at radius 3 is 2.38 bits per heavy atom. The quantitative estimate of drug-likeness (QED) is 0.738. The van der Waals surface area contributed by atoms with Crippen LogP contribution in [0.25, 0.3) is 0 Å². The number of benzene rings is 1. The third-order valence-corrected chi connectivity index (χ3v) is 6.11. The van der Waals surface area contributed by atoms with E-state index in [0.29, 0.717) is 32.2 Å². The number of carbonyl (C=O) groups excluding carboxylic acids is 1. The molecule has 1 amide bonds. The van der Waals surface area contributed by atoms with Crippen molar-refractivity contribution in [2.45, 2.75) is 31.0 Å². The molecule has 1 aliphatic heterocycles. The van der Waals surface area contributed by atoms with Gasteiger partial charge in [0.25, 0.3) is 0 Å². The maximum atomic E-state index is 12.8. The number of rotatable bonds is 6. The second kappa shape index (κ2) is 9.11. The molecule has 0 bridgehead atoms. The lowest BCUT2D eigenvalue weighted by atomic mass is 10.0. The highest BCUT2D eigenvalue weighted by molar-refractivity contribution is 7.89. The highest BCUT2D eigenvalue weighted by Crippen LogP contribution is 2.30. The van der Waals surface area contributed by atoms with E-state index in [9.17, 15) is 31.6 Å². The molecule has 1 N–H and O–H groups in total. The molecule has 1 saturated heterocycles. The summed E-state index contributed by atoms with van der Waals surface area (Å²) in [6, 6.07) is 5.32. The minimum Gasteiger partial charge on any atom is -0.339 e. The van der Waals surface area contributed by atoms with Crippen LogP contribution < -0.4 is 4.72 Å². The lowest BCUT2D eigenvalue weighted by Gasteiger charge is -2.38. The van der Waals surface area contributed by atoms with Crippen molar-refractivity contribution in [3.05, 3.63) is 29.8 Å². The van der Waals surface area contributed by atoms with E-state index < -0.39 is 39.1 Å². The molecule has 7 nitrogen and oxygen atoms in total. The zero-order chi connectivity index (χ0) is 21.8. The molecule has 1 aliphatic rings. The predicted molar refractivity (Wildman–Crippen MR) is 99.0 cm³/mol. The number of hydrogen-bond donors (Lipinski definition) is 1. The van der Waals surface area contributed by atoms with Gasteiger partial charge in [-0.05, 0) is 24.1 Å². The first-order valence-corrected chi connectivity index (χ1v) is 10.5. The molecule has 1 heterocycles. The van der Waals surface area contributed by atoms with Gasteiger partial charge in [-0.1, -0.05) is 19.9 Å². The molecule has 0 radical (unpaired) electrons. The van der Waals surface area contributed by atoms with E-state index in [-0.39, 0.29) is 12.0 Å². The molecule has 29 heavy (non-hydrogen) atoms. The second-order valence-electron chi connectivity index (χ2n) is 7.08. The minimum atomic E-state index is -4.67. The Kier molecular flexibility index (Phi) is 7.26. The first kappa shape index (κ1) is 23.1. The zero-order valence-electron chi connectivity index (χ0n) is 16.1. The van der Waals surface area contributed by atoms with Gasteiger partial charge in [-0.15, -0.1) is 0 Å². The van der Waals surface area contributed by atoms with E-state index in [1.807, 2.05) is 18.7 Å². The molecule has 1 aromatic rings. The summed E-state index contributed by atoms with van der Waals surface area (Å²) < 4.78 is 64.9. The fourth-order valence-corrected chi connectivity index (χ4v) is 4.11. The third kappa shape index (κ3) is 5.91. The average Bonchev–Trinajstić information content (AvgIpc) is 2.66. The van der Waals surface area contributed by atoms with E-state index in [1.165, 1.54) is 4.90 Å². The summed E-state index contributed by atoms with van der Waals surface area (Å²) >= 11 is 0. The number of halogens is 3. The van der Waals surface area contributed by atoms with Gasteiger partial charge in [-0.25, -0.2) is 13.1 Å². The predicted octanol–water partition coefficient (Wildman–Crippen LogP) is 1.68. The zero-order valence-corrected chi connectivity index (χ0v) is 16.9. The van der Waals surface area contributed by atoms with Gasteiger partial charge >= 0.3 is 6.18 Å². The van der Waals surface area contributed by atoms with Crippen LogP contribution in [0.1, 0.15) is 19.4 Å². The maximum absolute atomic E-state index is 12.8. The summed E-state index contributed by atoms with van der Waals surface area (Å²) in [4.78, 5) is 15.2. The van der Waals surface area contributed by atoms with Crippen LogP contribution in [0.15, 0.2) is 29.2 Å². The Labute approximate surface area is 168 Å². The average molecular weight is 432 g/mol. The second-order valence-corrected chi connectivity index (χ2v) is 8.85. The van der Waals surface area contributed by atoms with Gasteiger partial charge in [0.05, 0.1) is 23.1 Å². The Morgan fingerprint density at radius 1 is 1.24 bits per heavy atom. The first-order valence-electron chi connectivity index (χ1n) is 9.04. The standard InChI is InChI=1S/C18H23F3N4O3S/c1-13(2)16(11-22)24-6-8-25(9-7-24)17(26)12-23-29(27,28)15-5-3-4-14(10-15)18(19,20)21/h3-5,10,13,16,23H,6-9,12H2,1-2H3.